The molecular weight excluding hydrogens is 343 g/mol. The number of para-hydroxylation sites is 4. The van der Waals surface area contributed by atoms with Crippen LogP contribution in [0.1, 0.15) is 13.3 Å². The molecule has 2 N–H and O–H groups in total. The van der Waals surface area contributed by atoms with E-state index in [1.807, 2.05) is 12.1 Å². The van der Waals surface area contributed by atoms with Crippen molar-refractivity contribution in [3.63, 3.8) is 0 Å². The first-order valence-corrected chi connectivity index (χ1v) is 8.34. The fourth-order valence-electron chi connectivity index (χ4n) is 2.62. The third kappa shape index (κ3) is 5.07. The van der Waals surface area contributed by atoms with E-state index in [4.69, 9.17) is 10.6 Å². The predicted octanol–water partition coefficient (Wildman–Crippen LogP) is 5.26. The van der Waals surface area contributed by atoms with Gasteiger partial charge in [0.15, 0.2) is 0 Å². The molecule has 0 bridgehead atoms. The van der Waals surface area contributed by atoms with Crippen molar-refractivity contribution >= 4 is 22.7 Å². The maximum atomic E-state index is 4.77. The monoisotopic (exact) mass is 366 g/mol. The quantitative estimate of drug-likeness (QED) is 0.625. The van der Waals surface area contributed by atoms with Crippen LogP contribution in [-0.4, -0.2) is 26.2 Å². The third-order valence-electron chi connectivity index (χ3n) is 3.94. The number of benzene rings is 2. The Bertz CT molecular complexity index is 579. The summed E-state index contributed by atoms with van der Waals surface area (Å²) in [5.41, 5.74) is 4.33. The van der Waals surface area contributed by atoms with Gasteiger partial charge in [0.2, 0.25) is 0 Å². The number of nitrogens with zero attached hydrogens (tertiary/aromatic N) is 2. The molecule has 24 heavy (non-hydrogen) atoms. The molecule has 0 unspecified atom stereocenters. The minimum atomic E-state index is 0. The molecule has 1 aliphatic heterocycles. The van der Waals surface area contributed by atoms with Crippen LogP contribution in [0.5, 0.6) is 0 Å². The van der Waals surface area contributed by atoms with E-state index in [1.165, 1.54) is 0 Å². The zero-order valence-corrected chi connectivity index (χ0v) is 14.9. The van der Waals surface area contributed by atoms with Gasteiger partial charge in [0, 0.05) is 41.0 Å². The number of anilines is 2. The number of nitrogens with one attached hydrogen (secondary N) is 2. The van der Waals surface area contributed by atoms with Crippen molar-refractivity contribution in [1.29, 1.82) is 0 Å². The maximum absolute atomic E-state index is 4.77. The molecule has 4 nitrogen and oxygen atoms in total. The van der Waals surface area contributed by atoms with Gasteiger partial charge < -0.3 is 21.3 Å². The summed E-state index contributed by atoms with van der Waals surface area (Å²) in [5, 5.41) is 16.5. The van der Waals surface area contributed by atoms with Gasteiger partial charge in [0.1, 0.15) is 0 Å². The molecule has 2 aromatic rings. The average Bonchev–Trinajstić information content (AvgIpc) is 2.59. The summed E-state index contributed by atoms with van der Waals surface area (Å²) in [6.07, 6.45) is 1.04. The minimum Gasteiger partial charge on any atom is -0.682 e. The number of hydrogen-bond acceptors (Lipinski definition) is 2. The second kappa shape index (κ2) is 9.43. The van der Waals surface area contributed by atoms with Crippen molar-refractivity contribution in [2.45, 2.75) is 13.3 Å². The first kappa shape index (κ1) is 18.5. The molecule has 0 fully saturated rings. The van der Waals surface area contributed by atoms with Gasteiger partial charge >= 0.3 is 0 Å². The third-order valence-corrected chi connectivity index (χ3v) is 3.94. The number of hydrogen-bond donors (Lipinski definition) is 2. The molecule has 5 heteroatoms. The van der Waals surface area contributed by atoms with Crippen LogP contribution in [0.3, 0.4) is 0 Å². The van der Waals surface area contributed by atoms with Crippen molar-refractivity contribution in [3.8, 4) is 0 Å². The van der Waals surface area contributed by atoms with Crippen molar-refractivity contribution in [3.05, 3.63) is 59.2 Å². The van der Waals surface area contributed by atoms with Gasteiger partial charge in [-0.25, -0.2) is 0 Å². The summed E-state index contributed by atoms with van der Waals surface area (Å²) in [6.45, 7) is 5.63. The van der Waals surface area contributed by atoms with Crippen LogP contribution in [0.15, 0.2) is 48.5 Å². The minimum absolute atomic E-state index is 0. The van der Waals surface area contributed by atoms with Gasteiger partial charge in [0.05, 0.1) is 0 Å². The molecule has 0 saturated carbocycles. The predicted molar refractivity (Wildman–Crippen MR) is 99.4 cm³/mol. The molecule has 0 radical (unpaired) electrons. The van der Waals surface area contributed by atoms with Crippen LogP contribution in [-0.2, 0) is 16.5 Å². The fourth-order valence-corrected chi connectivity index (χ4v) is 2.62. The molecule has 1 aliphatic rings. The van der Waals surface area contributed by atoms with E-state index in [2.05, 4.69) is 54.0 Å². The summed E-state index contributed by atoms with van der Waals surface area (Å²) in [4.78, 5) is 0. The summed E-state index contributed by atoms with van der Waals surface area (Å²) < 4.78 is 0. The molecule has 0 aliphatic carbocycles. The van der Waals surface area contributed by atoms with Crippen LogP contribution < -0.4 is 10.6 Å². The van der Waals surface area contributed by atoms with E-state index in [-0.39, 0.29) is 16.5 Å². The van der Waals surface area contributed by atoms with Crippen LogP contribution in [0.4, 0.5) is 22.7 Å². The molecule has 3 rings (SSSR count). The average molecular weight is 367 g/mol. The summed E-state index contributed by atoms with van der Waals surface area (Å²) in [6, 6.07) is 16.5. The second-order valence-electron chi connectivity index (χ2n) is 6.03. The Labute approximate surface area is 154 Å². The van der Waals surface area contributed by atoms with Crippen LogP contribution in [0, 0.1) is 5.92 Å². The Balaban J connectivity index is 0.00000208. The van der Waals surface area contributed by atoms with Gasteiger partial charge in [-0.05, 0) is 18.6 Å². The van der Waals surface area contributed by atoms with Gasteiger partial charge in [-0.15, -0.1) is 24.5 Å². The van der Waals surface area contributed by atoms with Crippen molar-refractivity contribution in [1.82, 2.24) is 0 Å². The van der Waals surface area contributed by atoms with Crippen molar-refractivity contribution < 1.29 is 16.5 Å². The molecule has 1 heterocycles. The first-order chi connectivity index (χ1) is 11.3. The van der Waals surface area contributed by atoms with Crippen LogP contribution >= 0.6 is 0 Å². The topological polar surface area (TPSA) is 52.3 Å². The maximum Gasteiger partial charge on any atom is 0.0188 e. The summed E-state index contributed by atoms with van der Waals surface area (Å²) in [7, 11) is 0. The van der Waals surface area contributed by atoms with E-state index in [9.17, 15) is 0 Å². The van der Waals surface area contributed by atoms with E-state index in [1.54, 1.807) is 0 Å². The molecule has 2 aromatic carbocycles. The van der Waals surface area contributed by atoms with E-state index < -0.39 is 0 Å². The van der Waals surface area contributed by atoms with Gasteiger partial charge in [0.25, 0.3) is 0 Å². The Morgan fingerprint density at radius 2 is 1.25 bits per heavy atom. The molecule has 0 saturated heterocycles. The SMILES string of the molecule is CC1C[N-]c2ccccc2NCCCNc2ccccc2[N-]C1.[Ni]. The van der Waals surface area contributed by atoms with E-state index >= 15 is 0 Å². The Hall–Kier alpha value is -1.87. The van der Waals surface area contributed by atoms with Crippen molar-refractivity contribution in [2.24, 2.45) is 5.92 Å². The largest absolute Gasteiger partial charge is 0.682 e. The zero-order valence-electron chi connectivity index (χ0n) is 13.9. The van der Waals surface area contributed by atoms with Gasteiger partial charge in [-0.1, -0.05) is 49.2 Å². The molecule has 0 amide bonds. The second-order valence-corrected chi connectivity index (χ2v) is 6.03. The van der Waals surface area contributed by atoms with Gasteiger partial charge in [-0.3, -0.25) is 0 Å². The summed E-state index contributed by atoms with van der Waals surface area (Å²) >= 11 is 0. The zero-order chi connectivity index (χ0) is 15.9. The normalized spacial score (nSPS) is 15.7. The Morgan fingerprint density at radius 1 is 0.792 bits per heavy atom. The molecular formula is C19H24N4Ni-2. The van der Waals surface area contributed by atoms with Crippen molar-refractivity contribution in [2.75, 3.05) is 36.8 Å². The smallest absolute Gasteiger partial charge is 0.0188 e. The Kier molecular flexibility index (Phi) is 7.26. The van der Waals surface area contributed by atoms with Gasteiger partial charge in [-0.2, -0.15) is 0 Å². The van der Waals surface area contributed by atoms with Crippen LogP contribution in [0.25, 0.3) is 10.6 Å². The molecule has 0 atom stereocenters. The fraction of sp³-hybridized carbons (Fsp3) is 0.368. The Morgan fingerprint density at radius 3 is 1.75 bits per heavy atom. The molecule has 0 aromatic heterocycles. The van der Waals surface area contributed by atoms with E-state index in [0.717, 1.165) is 55.3 Å². The molecule has 132 valence electrons. The first-order valence-electron chi connectivity index (χ1n) is 8.34. The standard InChI is InChI=1S/C19H24N4.Ni/c1-15-13-22-18-9-4-2-7-16(18)20-11-6-12-21-17-8-3-5-10-19(17)23-14-15;/h2-5,7-10,15,20-21H,6,11-14H2,1H3;/q-2;. The number of rotatable bonds is 0. The summed E-state index contributed by atoms with van der Waals surface area (Å²) in [5.74, 6) is 0.416. The van der Waals surface area contributed by atoms with Crippen LogP contribution in [0.2, 0.25) is 0 Å². The van der Waals surface area contributed by atoms with E-state index in [0.29, 0.717) is 5.92 Å². The number of fused-ring (bicyclic) bond motifs is 2. The molecule has 0 spiro atoms.